The molecule has 1 aliphatic carbocycles. The van der Waals surface area contributed by atoms with Crippen molar-refractivity contribution in [1.82, 2.24) is 9.97 Å². The van der Waals surface area contributed by atoms with Gasteiger partial charge in [-0.2, -0.15) is 0 Å². The average molecular weight is 236 g/mol. The molecule has 1 fully saturated rings. The van der Waals surface area contributed by atoms with Gasteiger partial charge in [-0.3, -0.25) is 0 Å². The van der Waals surface area contributed by atoms with Crippen LogP contribution in [0.15, 0.2) is 6.33 Å². The van der Waals surface area contributed by atoms with E-state index >= 15 is 0 Å². The number of methoxy groups -OCH3 is 1. The standard InChI is InChI=1S/C12H20N4O/c1-9-10(14-8-15-11(9)17-2)16-12(7-13)5-3-4-6-12/h8H,3-7,13H2,1-2H3,(H,14,15,16). The molecule has 0 unspecified atom stereocenters. The van der Waals surface area contributed by atoms with Crippen LogP contribution < -0.4 is 15.8 Å². The predicted octanol–water partition coefficient (Wildman–Crippen LogP) is 1.48. The molecule has 0 amide bonds. The van der Waals surface area contributed by atoms with Crippen molar-refractivity contribution in [2.45, 2.75) is 38.1 Å². The number of rotatable bonds is 4. The lowest BCUT2D eigenvalue weighted by Gasteiger charge is -2.30. The molecule has 0 saturated heterocycles. The Morgan fingerprint density at radius 1 is 1.41 bits per heavy atom. The second-order valence-corrected chi connectivity index (χ2v) is 4.67. The molecule has 5 nitrogen and oxygen atoms in total. The molecule has 5 heteroatoms. The smallest absolute Gasteiger partial charge is 0.221 e. The highest BCUT2D eigenvalue weighted by Crippen LogP contribution is 2.33. The van der Waals surface area contributed by atoms with Gasteiger partial charge in [-0.15, -0.1) is 0 Å². The summed E-state index contributed by atoms with van der Waals surface area (Å²) in [5.41, 5.74) is 6.84. The minimum Gasteiger partial charge on any atom is -0.481 e. The molecule has 1 aromatic heterocycles. The van der Waals surface area contributed by atoms with Crippen molar-refractivity contribution in [3.63, 3.8) is 0 Å². The van der Waals surface area contributed by atoms with Crippen LogP contribution >= 0.6 is 0 Å². The maximum Gasteiger partial charge on any atom is 0.221 e. The van der Waals surface area contributed by atoms with Gasteiger partial charge in [-0.05, 0) is 19.8 Å². The second-order valence-electron chi connectivity index (χ2n) is 4.67. The van der Waals surface area contributed by atoms with Crippen molar-refractivity contribution < 1.29 is 4.74 Å². The first kappa shape index (κ1) is 12.1. The van der Waals surface area contributed by atoms with E-state index in [-0.39, 0.29) is 5.54 Å². The summed E-state index contributed by atoms with van der Waals surface area (Å²) in [6.45, 7) is 2.60. The molecule has 0 aromatic carbocycles. The van der Waals surface area contributed by atoms with Gasteiger partial charge >= 0.3 is 0 Å². The highest BCUT2D eigenvalue weighted by atomic mass is 16.5. The van der Waals surface area contributed by atoms with Gasteiger partial charge in [-0.1, -0.05) is 12.8 Å². The van der Waals surface area contributed by atoms with Gasteiger partial charge in [0, 0.05) is 6.54 Å². The Morgan fingerprint density at radius 2 is 2.12 bits per heavy atom. The molecular weight excluding hydrogens is 216 g/mol. The summed E-state index contributed by atoms with van der Waals surface area (Å²) in [7, 11) is 1.62. The van der Waals surface area contributed by atoms with Crippen LogP contribution in [0.1, 0.15) is 31.2 Å². The maximum atomic E-state index is 5.90. The second kappa shape index (κ2) is 4.87. The lowest BCUT2D eigenvalue weighted by molar-refractivity contribution is 0.393. The Labute approximate surface area is 102 Å². The third kappa shape index (κ3) is 2.34. The van der Waals surface area contributed by atoms with E-state index in [1.165, 1.54) is 19.2 Å². The minimum atomic E-state index is 0.00409. The lowest BCUT2D eigenvalue weighted by Crippen LogP contribution is -2.43. The zero-order valence-electron chi connectivity index (χ0n) is 10.5. The summed E-state index contributed by atoms with van der Waals surface area (Å²) < 4.78 is 5.19. The fourth-order valence-corrected chi connectivity index (χ4v) is 2.45. The quantitative estimate of drug-likeness (QED) is 0.828. The molecule has 0 radical (unpaired) electrons. The van der Waals surface area contributed by atoms with Gasteiger partial charge in [0.05, 0.1) is 18.2 Å². The maximum absolute atomic E-state index is 5.90. The zero-order chi connectivity index (χ0) is 12.3. The molecule has 1 heterocycles. The Morgan fingerprint density at radius 3 is 2.71 bits per heavy atom. The molecule has 0 bridgehead atoms. The first-order chi connectivity index (χ1) is 8.21. The highest BCUT2D eigenvalue weighted by molar-refractivity contribution is 5.49. The van der Waals surface area contributed by atoms with Crippen LogP contribution in [-0.4, -0.2) is 29.2 Å². The largest absolute Gasteiger partial charge is 0.481 e. The Hall–Kier alpha value is -1.36. The minimum absolute atomic E-state index is 0.00409. The van der Waals surface area contributed by atoms with Crippen molar-refractivity contribution in [3.8, 4) is 5.88 Å². The highest BCUT2D eigenvalue weighted by Gasteiger charge is 2.33. The Bertz CT molecular complexity index is 388. The van der Waals surface area contributed by atoms with Gasteiger partial charge in [0.25, 0.3) is 0 Å². The number of nitrogens with two attached hydrogens (primary N) is 1. The van der Waals surface area contributed by atoms with Crippen LogP contribution in [0.4, 0.5) is 5.82 Å². The number of hydrogen-bond acceptors (Lipinski definition) is 5. The Balaban J connectivity index is 2.23. The number of aromatic nitrogens is 2. The molecule has 2 rings (SSSR count). The van der Waals surface area contributed by atoms with Crippen LogP contribution in [-0.2, 0) is 0 Å². The first-order valence-electron chi connectivity index (χ1n) is 6.04. The SMILES string of the molecule is COc1ncnc(NC2(CN)CCCC2)c1C. The molecule has 17 heavy (non-hydrogen) atoms. The molecule has 1 saturated carbocycles. The molecule has 1 aromatic rings. The number of nitrogens with zero attached hydrogens (tertiary/aromatic N) is 2. The number of nitrogens with one attached hydrogen (secondary N) is 1. The summed E-state index contributed by atoms with van der Waals surface area (Å²) in [6, 6.07) is 0. The van der Waals surface area contributed by atoms with E-state index in [0.717, 1.165) is 24.2 Å². The molecule has 1 aliphatic rings. The van der Waals surface area contributed by atoms with Crippen LogP contribution in [0.3, 0.4) is 0 Å². The Kier molecular flexibility index (Phi) is 3.47. The number of ether oxygens (including phenoxy) is 1. The predicted molar refractivity (Wildman–Crippen MR) is 67.2 cm³/mol. The summed E-state index contributed by atoms with van der Waals surface area (Å²) in [6.07, 6.45) is 6.19. The van der Waals surface area contributed by atoms with E-state index < -0.39 is 0 Å². The van der Waals surface area contributed by atoms with Crippen molar-refractivity contribution >= 4 is 5.82 Å². The van der Waals surface area contributed by atoms with Gasteiger partial charge in [0.15, 0.2) is 0 Å². The molecule has 94 valence electrons. The van der Waals surface area contributed by atoms with Crippen molar-refractivity contribution in [1.29, 1.82) is 0 Å². The van der Waals surface area contributed by atoms with Crippen molar-refractivity contribution in [2.24, 2.45) is 5.73 Å². The van der Waals surface area contributed by atoms with Crippen LogP contribution in [0, 0.1) is 6.92 Å². The monoisotopic (exact) mass is 236 g/mol. The molecule has 0 aliphatic heterocycles. The van der Waals surface area contributed by atoms with E-state index in [9.17, 15) is 0 Å². The summed E-state index contributed by atoms with van der Waals surface area (Å²) in [5.74, 6) is 1.46. The third-order valence-corrected chi connectivity index (χ3v) is 3.57. The van der Waals surface area contributed by atoms with Crippen molar-refractivity contribution in [2.75, 3.05) is 19.0 Å². The average Bonchev–Trinajstić information content (AvgIpc) is 2.81. The van der Waals surface area contributed by atoms with Crippen LogP contribution in [0.25, 0.3) is 0 Å². The summed E-state index contributed by atoms with van der Waals surface area (Å²) in [5, 5.41) is 3.49. The van der Waals surface area contributed by atoms with E-state index in [1.54, 1.807) is 7.11 Å². The van der Waals surface area contributed by atoms with Gasteiger partial charge in [0.1, 0.15) is 12.1 Å². The van der Waals surface area contributed by atoms with E-state index in [1.807, 2.05) is 6.92 Å². The van der Waals surface area contributed by atoms with Crippen LogP contribution in [0.2, 0.25) is 0 Å². The first-order valence-corrected chi connectivity index (χ1v) is 6.04. The zero-order valence-corrected chi connectivity index (χ0v) is 10.5. The molecular formula is C12H20N4O. The molecule has 0 atom stereocenters. The third-order valence-electron chi connectivity index (χ3n) is 3.57. The summed E-state index contributed by atoms with van der Waals surface area (Å²) in [4.78, 5) is 8.36. The van der Waals surface area contributed by atoms with E-state index in [0.29, 0.717) is 12.4 Å². The lowest BCUT2D eigenvalue weighted by atomic mass is 9.97. The van der Waals surface area contributed by atoms with Gasteiger partial charge in [0.2, 0.25) is 5.88 Å². The van der Waals surface area contributed by atoms with E-state index in [2.05, 4.69) is 15.3 Å². The molecule has 0 spiro atoms. The van der Waals surface area contributed by atoms with E-state index in [4.69, 9.17) is 10.5 Å². The number of hydrogen-bond donors (Lipinski definition) is 2. The topological polar surface area (TPSA) is 73.1 Å². The van der Waals surface area contributed by atoms with Gasteiger partial charge in [-0.25, -0.2) is 9.97 Å². The molecule has 3 N–H and O–H groups in total. The van der Waals surface area contributed by atoms with Crippen molar-refractivity contribution in [3.05, 3.63) is 11.9 Å². The number of anilines is 1. The summed E-state index contributed by atoms with van der Waals surface area (Å²) >= 11 is 0. The normalized spacial score (nSPS) is 18.1. The van der Waals surface area contributed by atoms with Gasteiger partial charge < -0.3 is 15.8 Å². The van der Waals surface area contributed by atoms with Crippen LogP contribution in [0.5, 0.6) is 5.88 Å². The fraction of sp³-hybridized carbons (Fsp3) is 0.667. The fourth-order valence-electron chi connectivity index (χ4n) is 2.45.